The quantitative estimate of drug-likeness (QED) is 0.785. The Balaban J connectivity index is 1.83. The molecule has 0 saturated carbocycles. The monoisotopic (exact) mass is 296 g/mol. The molecule has 21 heavy (non-hydrogen) atoms. The van der Waals surface area contributed by atoms with Crippen LogP contribution in [0.2, 0.25) is 0 Å². The molecule has 0 fully saturated rings. The summed E-state index contributed by atoms with van der Waals surface area (Å²) in [5, 5.41) is 4.23. The molecule has 0 amide bonds. The summed E-state index contributed by atoms with van der Waals surface area (Å²) in [6.07, 6.45) is 0. The van der Waals surface area contributed by atoms with E-state index in [4.69, 9.17) is 4.98 Å². The van der Waals surface area contributed by atoms with Gasteiger partial charge in [-0.3, -0.25) is 0 Å². The van der Waals surface area contributed by atoms with Gasteiger partial charge in [-0.15, -0.1) is 11.3 Å². The minimum absolute atomic E-state index is 0.690. The van der Waals surface area contributed by atoms with Gasteiger partial charge in [0, 0.05) is 25.0 Å². The first-order valence-electron chi connectivity index (χ1n) is 7.02. The van der Waals surface area contributed by atoms with Crippen LogP contribution in [0.25, 0.3) is 10.2 Å². The lowest BCUT2D eigenvalue weighted by atomic mass is 10.1. The zero-order valence-corrected chi connectivity index (χ0v) is 12.9. The average molecular weight is 296 g/mol. The summed E-state index contributed by atoms with van der Waals surface area (Å²) in [5.41, 5.74) is 2.78. The fourth-order valence-corrected chi connectivity index (χ4v) is 3.74. The first-order chi connectivity index (χ1) is 10.2. The van der Waals surface area contributed by atoms with Crippen molar-refractivity contribution in [3.8, 4) is 0 Å². The summed E-state index contributed by atoms with van der Waals surface area (Å²) >= 11 is 1.72. The van der Waals surface area contributed by atoms with Crippen molar-refractivity contribution in [3.63, 3.8) is 0 Å². The molecule has 3 aromatic rings. The Morgan fingerprint density at radius 3 is 2.52 bits per heavy atom. The van der Waals surface area contributed by atoms with E-state index >= 15 is 0 Å². The highest BCUT2D eigenvalue weighted by atomic mass is 32.1. The molecule has 0 unspecified atom stereocenters. The SMILES string of the molecule is CNc1nc(N2Cc3ccccc3C2)c2cc(C)sc2n1. The van der Waals surface area contributed by atoms with Crippen LogP contribution in [0.3, 0.4) is 0 Å². The predicted octanol–water partition coefficient (Wildman–Crippen LogP) is 3.56. The Morgan fingerprint density at radius 1 is 1.14 bits per heavy atom. The van der Waals surface area contributed by atoms with Gasteiger partial charge >= 0.3 is 0 Å². The van der Waals surface area contributed by atoms with E-state index in [2.05, 4.69) is 52.5 Å². The second kappa shape index (κ2) is 4.70. The summed E-state index contributed by atoms with van der Waals surface area (Å²) in [6, 6.07) is 10.8. The van der Waals surface area contributed by atoms with E-state index in [1.54, 1.807) is 11.3 Å². The Morgan fingerprint density at radius 2 is 1.86 bits per heavy atom. The van der Waals surface area contributed by atoms with Gasteiger partial charge in [-0.05, 0) is 24.1 Å². The maximum absolute atomic E-state index is 4.71. The minimum Gasteiger partial charge on any atom is -0.357 e. The summed E-state index contributed by atoms with van der Waals surface area (Å²) in [4.78, 5) is 13.9. The molecule has 0 atom stereocenters. The van der Waals surface area contributed by atoms with Crippen molar-refractivity contribution in [2.24, 2.45) is 0 Å². The van der Waals surface area contributed by atoms with Crippen molar-refractivity contribution in [2.45, 2.75) is 20.0 Å². The number of benzene rings is 1. The zero-order chi connectivity index (χ0) is 14.4. The first-order valence-corrected chi connectivity index (χ1v) is 7.84. The van der Waals surface area contributed by atoms with Gasteiger partial charge in [-0.2, -0.15) is 4.98 Å². The summed E-state index contributed by atoms with van der Waals surface area (Å²) < 4.78 is 0. The lowest BCUT2D eigenvalue weighted by Crippen LogP contribution is -2.17. The van der Waals surface area contributed by atoms with Gasteiger partial charge in [-0.1, -0.05) is 24.3 Å². The molecule has 0 radical (unpaired) electrons. The molecule has 4 rings (SSSR count). The molecule has 1 aliphatic heterocycles. The average Bonchev–Trinajstić information content (AvgIpc) is 3.07. The molecule has 3 heterocycles. The van der Waals surface area contributed by atoms with Crippen LogP contribution < -0.4 is 10.2 Å². The topological polar surface area (TPSA) is 41.1 Å². The molecular weight excluding hydrogens is 280 g/mol. The van der Waals surface area contributed by atoms with E-state index in [1.807, 2.05) is 7.05 Å². The molecular formula is C16H16N4S. The van der Waals surface area contributed by atoms with Crippen LogP contribution in [0.1, 0.15) is 16.0 Å². The smallest absolute Gasteiger partial charge is 0.225 e. The summed E-state index contributed by atoms with van der Waals surface area (Å²) in [7, 11) is 1.87. The van der Waals surface area contributed by atoms with Crippen LogP contribution in [0, 0.1) is 6.92 Å². The van der Waals surface area contributed by atoms with E-state index in [-0.39, 0.29) is 0 Å². The Labute approximate surface area is 127 Å². The molecule has 1 N–H and O–H groups in total. The summed E-state index contributed by atoms with van der Waals surface area (Å²) in [5.74, 6) is 1.72. The molecule has 2 aromatic heterocycles. The van der Waals surface area contributed by atoms with E-state index in [9.17, 15) is 0 Å². The van der Waals surface area contributed by atoms with Crippen LogP contribution in [0.5, 0.6) is 0 Å². The highest BCUT2D eigenvalue weighted by Crippen LogP contribution is 2.35. The number of fused-ring (bicyclic) bond motifs is 2. The van der Waals surface area contributed by atoms with Gasteiger partial charge < -0.3 is 10.2 Å². The fourth-order valence-electron chi connectivity index (χ4n) is 2.86. The van der Waals surface area contributed by atoms with Gasteiger partial charge in [0.15, 0.2) is 0 Å². The maximum Gasteiger partial charge on any atom is 0.225 e. The number of aryl methyl sites for hydroxylation is 1. The molecule has 1 aromatic carbocycles. The number of hydrogen-bond acceptors (Lipinski definition) is 5. The summed E-state index contributed by atoms with van der Waals surface area (Å²) in [6.45, 7) is 3.95. The Hall–Kier alpha value is -2.14. The fraction of sp³-hybridized carbons (Fsp3) is 0.250. The number of rotatable bonds is 2. The number of aromatic nitrogens is 2. The molecule has 0 saturated heterocycles. The third-order valence-electron chi connectivity index (χ3n) is 3.86. The molecule has 4 nitrogen and oxygen atoms in total. The minimum atomic E-state index is 0.690. The van der Waals surface area contributed by atoms with Crippen LogP contribution in [-0.4, -0.2) is 17.0 Å². The third-order valence-corrected chi connectivity index (χ3v) is 4.80. The number of hydrogen-bond donors (Lipinski definition) is 1. The standard InChI is InChI=1S/C16H16N4S/c1-10-7-13-14(18-16(17-2)19-15(13)21-10)20-8-11-5-3-4-6-12(11)9-20/h3-7H,8-9H2,1-2H3,(H,17,18,19). The zero-order valence-electron chi connectivity index (χ0n) is 12.1. The van der Waals surface area contributed by atoms with Crippen LogP contribution >= 0.6 is 11.3 Å². The number of thiophene rings is 1. The molecule has 1 aliphatic rings. The van der Waals surface area contributed by atoms with Crippen molar-refractivity contribution in [2.75, 3.05) is 17.3 Å². The van der Waals surface area contributed by atoms with Gasteiger partial charge in [-0.25, -0.2) is 4.98 Å². The van der Waals surface area contributed by atoms with Gasteiger partial charge in [0.05, 0.1) is 5.39 Å². The van der Waals surface area contributed by atoms with Crippen molar-refractivity contribution in [1.29, 1.82) is 0 Å². The van der Waals surface area contributed by atoms with Crippen LogP contribution in [-0.2, 0) is 13.1 Å². The third kappa shape index (κ3) is 2.05. The van der Waals surface area contributed by atoms with E-state index in [1.165, 1.54) is 16.0 Å². The van der Waals surface area contributed by atoms with E-state index < -0.39 is 0 Å². The molecule has 0 spiro atoms. The highest BCUT2D eigenvalue weighted by Gasteiger charge is 2.23. The number of nitrogens with zero attached hydrogens (tertiary/aromatic N) is 3. The lowest BCUT2D eigenvalue weighted by Gasteiger charge is -2.18. The van der Waals surface area contributed by atoms with Gasteiger partial charge in [0.25, 0.3) is 0 Å². The molecule has 0 bridgehead atoms. The molecule has 5 heteroatoms. The van der Waals surface area contributed by atoms with Crippen LogP contribution in [0.15, 0.2) is 30.3 Å². The number of anilines is 2. The van der Waals surface area contributed by atoms with E-state index in [0.717, 1.165) is 29.1 Å². The van der Waals surface area contributed by atoms with Crippen molar-refractivity contribution < 1.29 is 0 Å². The normalized spacial score (nSPS) is 13.7. The number of nitrogens with one attached hydrogen (secondary N) is 1. The van der Waals surface area contributed by atoms with Crippen LogP contribution in [0.4, 0.5) is 11.8 Å². The van der Waals surface area contributed by atoms with Crippen molar-refractivity contribution in [3.05, 3.63) is 46.3 Å². The molecule has 0 aliphatic carbocycles. The highest BCUT2D eigenvalue weighted by molar-refractivity contribution is 7.18. The largest absolute Gasteiger partial charge is 0.357 e. The van der Waals surface area contributed by atoms with Crippen molar-refractivity contribution in [1.82, 2.24) is 9.97 Å². The predicted molar refractivity (Wildman–Crippen MR) is 88.0 cm³/mol. The van der Waals surface area contributed by atoms with Gasteiger partial charge in [0.2, 0.25) is 5.95 Å². The van der Waals surface area contributed by atoms with E-state index in [0.29, 0.717) is 5.95 Å². The first kappa shape index (κ1) is 12.6. The second-order valence-electron chi connectivity index (χ2n) is 5.32. The maximum atomic E-state index is 4.71. The molecule has 106 valence electrons. The van der Waals surface area contributed by atoms with Crippen molar-refractivity contribution >= 4 is 33.3 Å². The lowest BCUT2D eigenvalue weighted by molar-refractivity contribution is 0.861. The Kier molecular flexibility index (Phi) is 2.82. The van der Waals surface area contributed by atoms with Gasteiger partial charge in [0.1, 0.15) is 10.6 Å². The second-order valence-corrected chi connectivity index (χ2v) is 6.56. The Bertz CT molecular complexity index is 799.